The Morgan fingerprint density at radius 3 is 2.95 bits per heavy atom. The van der Waals surface area contributed by atoms with Gasteiger partial charge < -0.3 is 4.42 Å². The zero-order valence-electron chi connectivity index (χ0n) is 11.1. The molecule has 20 heavy (non-hydrogen) atoms. The Kier molecular flexibility index (Phi) is 3.76. The van der Waals surface area contributed by atoms with Gasteiger partial charge in [-0.25, -0.2) is 0 Å². The van der Waals surface area contributed by atoms with Gasteiger partial charge >= 0.3 is 0 Å². The van der Waals surface area contributed by atoms with E-state index in [9.17, 15) is 0 Å². The zero-order chi connectivity index (χ0) is 13.8. The monoisotopic (exact) mass is 267 g/mol. The Bertz CT molecular complexity index is 679. The molecular weight excluding hydrogens is 250 g/mol. The quantitative estimate of drug-likeness (QED) is 0.551. The van der Waals surface area contributed by atoms with E-state index in [0.717, 1.165) is 29.5 Å². The number of aryl methyl sites for hydroxylation is 1. The largest absolute Gasteiger partial charge is 0.469 e. The van der Waals surface area contributed by atoms with E-state index in [2.05, 4.69) is 28.6 Å². The van der Waals surface area contributed by atoms with Gasteiger partial charge in [0, 0.05) is 24.0 Å². The molecule has 4 heteroatoms. The van der Waals surface area contributed by atoms with E-state index >= 15 is 0 Å². The lowest BCUT2D eigenvalue weighted by Gasteiger charge is -2.16. The molecule has 2 heterocycles. The number of furan rings is 1. The Balaban J connectivity index is 1.79. The van der Waals surface area contributed by atoms with Gasteiger partial charge in [0.15, 0.2) is 0 Å². The maximum absolute atomic E-state index is 5.69. The molecule has 0 aliphatic carbocycles. The predicted molar refractivity (Wildman–Crippen MR) is 78.8 cm³/mol. The number of benzene rings is 1. The van der Waals surface area contributed by atoms with Crippen molar-refractivity contribution in [1.29, 1.82) is 0 Å². The molecule has 0 aliphatic heterocycles. The number of pyridine rings is 1. The fraction of sp³-hybridized carbons (Fsp3) is 0.188. The third-order valence-electron chi connectivity index (χ3n) is 3.49. The summed E-state index contributed by atoms with van der Waals surface area (Å²) in [6.07, 6.45) is 5.24. The molecule has 2 aromatic heterocycles. The van der Waals surface area contributed by atoms with E-state index in [4.69, 9.17) is 10.3 Å². The Hall–Kier alpha value is -2.17. The summed E-state index contributed by atoms with van der Waals surface area (Å²) in [6, 6.07) is 14.2. The smallest absolute Gasteiger partial charge is 0.103 e. The zero-order valence-corrected chi connectivity index (χ0v) is 11.1. The summed E-state index contributed by atoms with van der Waals surface area (Å²) in [6.45, 7) is 0. The number of nitrogens with one attached hydrogen (secondary N) is 1. The van der Waals surface area contributed by atoms with Gasteiger partial charge in [0.25, 0.3) is 0 Å². The molecule has 4 nitrogen and oxygen atoms in total. The van der Waals surface area contributed by atoms with Crippen LogP contribution in [0.4, 0.5) is 0 Å². The Labute approximate surface area is 117 Å². The average molecular weight is 267 g/mol. The van der Waals surface area contributed by atoms with Crippen LogP contribution in [0.3, 0.4) is 0 Å². The van der Waals surface area contributed by atoms with Crippen molar-refractivity contribution in [3.63, 3.8) is 0 Å². The maximum Gasteiger partial charge on any atom is 0.103 e. The molecule has 102 valence electrons. The van der Waals surface area contributed by atoms with Crippen molar-refractivity contribution in [3.05, 3.63) is 66.2 Å². The van der Waals surface area contributed by atoms with Gasteiger partial charge in [-0.05, 0) is 42.3 Å². The Morgan fingerprint density at radius 1 is 1.20 bits per heavy atom. The first-order valence-corrected chi connectivity index (χ1v) is 6.70. The highest BCUT2D eigenvalue weighted by Gasteiger charge is 2.11. The SMILES string of the molecule is NNC(CCc1ccco1)c1ccc2ncccc2c1. The van der Waals surface area contributed by atoms with Gasteiger partial charge in [0.2, 0.25) is 0 Å². The van der Waals surface area contributed by atoms with E-state index in [1.165, 1.54) is 5.56 Å². The van der Waals surface area contributed by atoms with E-state index in [1.54, 1.807) is 12.5 Å². The minimum atomic E-state index is 0.102. The van der Waals surface area contributed by atoms with E-state index in [0.29, 0.717) is 0 Å². The van der Waals surface area contributed by atoms with Crippen LogP contribution in [-0.2, 0) is 6.42 Å². The Morgan fingerprint density at radius 2 is 2.15 bits per heavy atom. The van der Waals surface area contributed by atoms with Crippen molar-refractivity contribution < 1.29 is 4.42 Å². The number of nitrogens with zero attached hydrogens (tertiary/aromatic N) is 1. The van der Waals surface area contributed by atoms with E-state index < -0.39 is 0 Å². The number of rotatable bonds is 5. The normalized spacial score (nSPS) is 12.7. The van der Waals surface area contributed by atoms with Gasteiger partial charge in [-0.1, -0.05) is 12.1 Å². The first kappa shape index (κ1) is 12.8. The topological polar surface area (TPSA) is 64.1 Å². The second kappa shape index (κ2) is 5.86. The third-order valence-corrected chi connectivity index (χ3v) is 3.49. The van der Waals surface area contributed by atoms with Crippen LogP contribution < -0.4 is 11.3 Å². The first-order chi connectivity index (χ1) is 9.86. The van der Waals surface area contributed by atoms with E-state index in [1.807, 2.05) is 24.3 Å². The van der Waals surface area contributed by atoms with Crippen LogP contribution in [-0.4, -0.2) is 4.98 Å². The molecule has 0 saturated heterocycles. The fourth-order valence-electron chi connectivity index (χ4n) is 2.40. The number of hydrazine groups is 1. The lowest BCUT2D eigenvalue weighted by molar-refractivity contribution is 0.459. The molecule has 1 unspecified atom stereocenters. The van der Waals surface area contributed by atoms with E-state index in [-0.39, 0.29) is 6.04 Å². The lowest BCUT2D eigenvalue weighted by Crippen LogP contribution is -2.28. The van der Waals surface area contributed by atoms with Crippen LogP contribution in [0.1, 0.15) is 23.8 Å². The standard InChI is InChI=1S/C16H17N3O/c17-19-16(8-6-14-4-2-10-20-14)13-5-7-15-12(11-13)3-1-9-18-15/h1-5,7,9-11,16,19H,6,8,17H2. The molecule has 0 spiro atoms. The summed E-state index contributed by atoms with van der Waals surface area (Å²) in [5.41, 5.74) is 5.05. The van der Waals surface area contributed by atoms with Crippen molar-refractivity contribution >= 4 is 10.9 Å². The number of fused-ring (bicyclic) bond motifs is 1. The maximum atomic E-state index is 5.69. The molecule has 0 radical (unpaired) electrons. The fourth-order valence-corrected chi connectivity index (χ4v) is 2.40. The minimum absolute atomic E-state index is 0.102. The molecule has 0 amide bonds. The van der Waals surface area contributed by atoms with Crippen molar-refractivity contribution in [2.45, 2.75) is 18.9 Å². The number of aromatic nitrogens is 1. The van der Waals surface area contributed by atoms with Gasteiger partial charge in [-0.2, -0.15) is 0 Å². The average Bonchev–Trinajstić information content (AvgIpc) is 3.01. The molecule has 0 aliphatic rings. The highest BCUT2D eigenvalue weighted by Crippen LogP contribution is 2.22. The lowest BCUT2D eigenvalue weighted by atomic mass is 10.00. The van der Waals surface area contributed by atoms with Gasteiger partial charge in [0.05, 0.1) is 11.8 Å². The van der Waals surface area contributed by atoms with Crippen molar-refractivity contribution in [2.75, 3.05) is 0 Å². The second-order valence-electron chi connectivity index (χ2n) is 4.79. The highest BCUT2D eigenvalue weighted by atomic mass is 16.3. The van der Waals surface area contributed by atoms with Crippen LogP contribution in [0.2, 0.25) is 0 Å². The molecule has 1 aromatic carbocycles. The number of hydrogen-bond donors (Lipinski definition) is 2. The predicted octanol–water partition coefficient (Wildman–Crippen LogP) is 2.97. The summed E-state index contributed by atoms with van der Waals surface area (Å²) >= 11 is 0. The summed E-state index contributed by atoms with van der Waals surface area (Å²) in [4.78, 5) is 4.33. The van der Waals surface area contributed by atoms with Crippen molar-refractivity contribution in [2.24, 2.45) is 5.84 Å². The van der Waals surface area contributed by atoms with Crippen LogP contribution in [0.15, 0.2) is 59.3 Å². The van der Waals surface area contributed by atoms with Gasteiger partial charge in [0.1, 0.15) is 5.76 Å². The van der Waals surface area contributed by atoms with Gasteiger partial charge in [-0.15, -0.1) is 0 Å². The molecule has 0 fully saturated rings. The minimum Gasteiger partial charge on any atom is -0.469 e. The molecule has 1 atom stereocenters. The highest BCUT2D eigenvalue weighted by molar-refractivity contribution is 5.79. The summed E-state index contributed by atoms with van der Waals surface area (Å²) in [7, 11) is 0. The second-order valence-corrected chi connectivity index (χ2v) is 4.79. The molecule has 3 aromatic rings. The summed E-state index contributed by atoms with van der Waals surface area (Å²) in [5, 5.41) is 1.13. The first-order valence-electron chi connectivity index (χ1n) is 6.70. The molecule has 0 bridgehead atoms. The van der Waals surface area contributed by atoms with Crippen LogP contribution in [0.25, 0.3) is 10.9 Å². The summed E-state index contributed by atoms with van der Waals surface area (Å²) in [5.74, 6) is 6.67. The molecule has 0 saturated carbocycles. The van der Waals surface area contributed by atoms with Crippen molar-refractivity contribution in [1.82, 2.24) is 10.4 Å². The third kappa shape index (κ3) is 2.71. The molecule has 3 rings (SSSR count). The summed E-state index contributed by atoms with van der Waals surface area (Å²) < 4.78 is 5.36. The van der Waals surface area contributed by atoms with Gasteiger partial charge in [-0.3, -0.25) is 16.3 Å². The van der Waals surface area contributed by atoms with Crippen LogP contribution >= 0.6 is 0 Å². The van der Waals surface area contributed by atoms with Crippen LogP contribution in [0, 0.1) is 0 Å². The number of hydrogen-bond acceptors (Lipinski definition) is 4. The number of nitrogens with two attached hydrogens (primary N) is 1. The van der Waals surface area contributed by atoms with Crippen molar-refractivity contribution in [3.8, 4) is 0 Å². The molecule has 3 N–H and O–H groups in total. The molecular formula is C16H17N3O. The van der Waals surface area contributed by atoms with Crippen LogP contribution in [0.5, 0.6) is 0 Å².